The molecule has 1 heterocycles. The molecule has 2 nitrogen and oxygen atoms in total. The lowest BCUT2D eigenvalue weighted by atomic mass is 9.83. The average molecular weight is 426 g/mol. The van der Waals surface area contributed by atoms with Crippen LogP contribution in [0.15, 0.2) is 107 Å². The topological polar surface area (TPSA) is 29.4 Å². The van der Waals surface area contributed by atoms with Crippen LogP contribution >= 0.6 is 15.9 Å². The minimum atomic E-state index is -0.680. The van der Waals surface area contributed by atoms with E-state index in [0.717, 1.165) is 32.3 Å². The SMILES string of the molecule is O=C1C=CC2(C=C1)N=C(c1cccc3ccccc13)C(Br)=C2c1ccccc1. The molecule has 3 heteroatoms. The monoisotopic (exact) mass is 425 g/mol. The second kappa shape index (κ2) is 6.54. The van der Waals surface area contributed by atoms with E-state index < -0.39 is 5.54 Å². The first-order valence-electron chi connectivity index (χ1n) is 9.14. The number of carbonyl (C=O) groups excluding carboxylic acids is 1. The summed E-state index contributed by atoms with van der Waals surface area (Å²) in [5, 5.41) is 2.33. The fraction of sp³-hybridized carbons (Fsp3) is 0.0400. The van der Waals surface area contributed by atoms with Crippen LogP contribution in [-0.4, -0.2) is 17.0 Å². The molecule has 3 aromatic carbocycles. The van der Waals surface area contributed by atoms with E-state index in [1.807, 2.05) is 42.5 Å². The molecule has 0 saturated carbocycles. The highest BCUT2D eigenvalue weighted by Gasteiger charge is 2.40. The van der Waals surface area contributed by atoms with Crippen LogP contribution in [0.25, 0.3) is 16.3 Å². The number of ketones is 1. The lowest BCUT2D eigenvalue weighted by Gasteiger charge is -2.25. The minimum Gasteiger partial charge on any atom is -0.290 e. The zero-order valence-electron chi connectivity index (χ0n) is 15.0. The van der Waals surface area contributed by atoms with Gasteiger partial charge in [-0.15, -0.1) is 0 Å². The Bertz CT molecular complexity index is 1210. The van der Waals surface area contributed by atoms with E-state index in [0.29, 0.717) is 0 Å². The number of aliphatic imine (C=N–C) groups is 1. The van der Waals surface area contributed by atoms with Crippen molar-refractivity contribution in [2.45, 2.75) is 5.54 Å². The molecule has 134 valence electrons. The third-order valence-corrected chi connectivity index (χ3v) is 6.01. The molecule has 28 heavy (non-hydrogen) atoms. The first-order chi connectivity index (χ1) is 13.7. The van der Waals surface area contributed by atoms with Crippen LogP contribution in [0.5, 0.6) is 0 Å². The van der Waals surface area contributed by atoms with Gasteiger partial charge in [0.15, 0.2) is 5.78 Å². The molecular formula is C25H16BrNO. The zero-order chi connectivity index (χ0) is 19.1. The normalized spacial score (nSPS) is 17.6. The Morgan fingerprint density at radius 2 is 1.46 bits per heavy atom. The van der Waals surface area contributed by atoms with Gasteiger partial charge in [0, 0.05) is 11.1 Å². The van der Waals surface area contributed by atoms with Gasteiger partial charge in [-0.25, -0.2) is 0 Å². The number of hydrogen-bond acceptors (Lipinski definition) is 2. The molecule has 0 N–H and O–H groups in total. The summed E-state index contributed by atoms with van der Waals surface area (Å²) in [4.78, 5) is 16.9. The number of hydrogen-bond donors (Lipinski definition) is 0. The van der Waals surface area contributed by atoms with Crippen molar-refractivity contribution in [2.75, 3.05) is 0 Å². The smallest absolute Gasteiger partial charge is 0.178 e. The Labute approximate surface area is 171 Å². The standard InChI is InChI=1S/C25H16BrNO/c26-23-22(18-8-2-1-3-9-18)25(15-13-19(28)14-16-25)27-24(23)21-12-6-10-17-7-4-5-11-20(17)21/h1-16H. The second-order valence-corrected chi connectivity index (χ2v) is 7.73. The quantitative estimate of drug-likeness (QED) is 0.503. The molecule has 0 unspecified atom stereocenters. The van der Waals surface area contributed by atoms with Gasteiger partial charge in [0.25, 0.3) is 0 Å². The van der Waals surface area contributed by atoms with Crippen molar-refractivity contribution < 1.29 is 4.79 Å². The summed E-state index contributed by atoms with van der Waals surface area (Å²) in [6.07, 6.45) is 7.02. The summed E-state index contributed by atoms with van der Waals surface area (Å²) in [6, 6.07) is 24.8. The molecule has 0 fully saturated rings. The highest BCUT2D eigenvalue weighted by atomic mass is 79.9. The van der Waals surface area contributed by atoms with E-state index in [4.69, 9.17) is 4.99 Å². The van der Waals surface area contributed by atoms with Crippen LogP contribution in [0.1, 0.15) is 11.1 Å². The Kier molecular flexibility index (Phi) is 3.99. The van der Waals surface area contributed by atoms with Gasteiger partial charge in [0.05, 0.1) is 10.2 Å². The van der Waals surface area contributed by atoms with Gasteiger partial charge in [-0.1, -0.05) is 72.8 Å². The largest absolute Gasteiger partial charge is 0.290 e. The van der Waals surface area contributed by atoms with Crippen molar-refractivity contribution in [3.05, 3.63) is 113 Å². The number of nitrogens with zero attached hydrogens (tertiary/aromatic N) is 1. The summed E-state index contributed by atoms with van der Waals surface area (Å²) < 4.78 is 0.957. The van der Waals surface area contributed by atoms with E-state index in [1.54, 1.807) is 12.2 Å². The minimum absolute atomic E-state index is 0.0111. The van der Waals surface area contributed by atoms with Gasteiger partial charge in [0.1, 0.15) is 5.54 Å². The second-order valence-electron chi connectivity index (χ2n) is 6.94. The predicted molar refractivity (Wildman–Crippen MR) is 119 cm³/mol. The van der Waals surface area contributed by atoms with E-state index in [1.165, 1.54) is 5.39 Å². The molecular weight excluding hydrogens is 410 g/mol. The van der Waals surface area contributed by atoms with Crippen LogP contribution in [0.2, 0.25) is 0 Å². The number of halogens is 1. The summed E-state index contributed by atoms with van der Waals surface area (Å²) in [6.45, 7) is 0. The molecule has 2 aliphatic rings. The summed E-state index contributed by atoms with van der Waals surface area (Å²) in [7, 11) is 0. The molecule has 0 aromatic heterocycles. The van der Waals surface area contributed by atoms with Crippen molar-refractivity contribution in [3.8, 4) is 0 Å². The Morgan fingerprint density at radius 3 is 2.25 bits per heavy atom. The van der Waals surface area contributed by atoms with Crippen molar-refractivity contribution in [1.82, 2.24) is 0 Å². The molecule has 1 aliphatic heterocycles. The Hall–Kier alpha value is -3.04. The number of benzene rings is 3. The average Bonchev–Trinajstić information content (AvgIpc) is 3.02. The number of allylic oxidation sites excluding steroid dienone is 3. The number of carbonyl (C=O) groups is 1. The third kappa shape index (κ3) is 2.62. The van der Waals surface area contributed by atoms with E-state index in [9.17, 15) is 4.79 Å². The molecule has 0 amide bonds. The fourth-order valence-electron chi connectivity index (χ4n) is 3.93. The molecule has 0 atom stereocenters. The molecule has 0 radical (unpaired) electrons. The lowest BCUT2D eigenvalue weighted by molar-refractivity contribution is -0.110. The van der Waals surface area contributed by atoms with Crippen molar-refractivity contribution in [3.63, 3.8) is 0 Å². The molecule has 5 rings (SSSR count). The van der Waals surface area contributed by atoms with Gasteiger partial charge in [-0.05, 0) is 56.6 Å². The van der Waals surface area contributed by atoms with Crippen LogP contribution in [0.4, 0.5) is 0 Å². The van der Waals surface area contributed by atoms with E-state index >= 15 is 0 Å². The van der Waals surface area contributed by atoms with Crippen molar-refractivity contribution in [2.24, 2.45) is 4.99 Å². The fourth-order valence-corrected chi connectivity index (χ4v) is 4.78. The van der Waals surface area contributed by atoms with Crippen LogP contribution in [0, 0.1) is 0 Å². The van der Waals surface area contributed by atoms with Crippen LogP contribution in [-0.2, 0) is 4.79 Å². The Morgan fingerprint density at radius 1 is 0.786 bits per heavy atom. The van der Waals surface area contributed by atoms with Gasteiger partial charge in [-0.3, -0.25) is 9.79 Å². The predicted octanol–water partition coefficient (Wildman–Crippen LogP) is 5.88. The maximum Gasteiger partial charge on any atom is 0.178 e. The summed E-state index contributed by atoms with van der Waals surface area (Å²) in [5.74, 6) is -0.0111. The third-order valence-electron chi connectivity index (χ3n) is 5.24. The van der Waals surface area contributed by atoms with Crippen molar-refractivity contribution >= 4 is 43.8 Å². The highest BCUT2D eigenvalue weighted by Crippen LogP contribution is 2.46. The molecule has 0 saturated heterocycles. The first-order valence-corrected chi connectivity index (χ1v) is 9.94. The first kappa shape index (κ1) is 17.1. The van der Waals surface area contributed by atoms with Gasteiger partial charge < -0.3 is 0 Å². The molecule has 0 bridgehead atoms. The summed E-state index contributed by atoms with van der Waals surface area (Å²) >= 11 is 3.85. The van der Waals surface area contributed by atoms with Gasteiger partial charge in [-0.2, -0.15) is 0 Å². The number of fused-ring (bicyclic) bond motifs is 1. The van der Waals surface area contributed by atoms with E-state index in [-0.39, 0.29) is 5.78 Å². The molecule has 1 spiro atoms. The lowest BCUT2D eigenvalue weighted by Crippen LogP contribution is -2.23. The van der Waals surface area contributed by atoms with Gasteiger partial charge >= 0.3 is 0 Å². The maximum absolute atomic E-state index is 11.8. The number of rotatable bonds is 2. The Balaban J connectivity index is 1.79. The van der Waals surface area contributed by atoms with E-state index in [2.05, 4.69) is 58.4 Å². The molecule has 3 aromatic rings. The maximum atomic E-state index is 11.8. The van der Waals surface area contributed by atoms with Crippen LogP contribution < -0.4 is 0 Å². The summed E-state index contributed by atoms with van der Waals surface area (Å²) in [5.41, 5.74) is 3.43. The zero-order valence-corrected chi connectivity index (χ0v) is 16.6. The van der Waals surface area contributed by atoms with Gasteiger partial charge in [0.2, 0.25) is 0 Å². The molecule has 1 aliphatic carbocycles. The van der Waals surface area contributed by atoms with Crippen molar-refractivity contribution in [1.29, 1.82) is 0 Å². The highest BCUT2D eigenvalue weighted by molar-refractivity contribution is 9.12. The van der Waals surface area contributed by atoms with Crippen LogP contribution in [0.3, 0.4) is 0 Å².